The first kappa shape index (κ1) is 9.42. The SMILES string of the molecule is CC(=O)C(C)([O-])C(F)(F)F. The second kappa shape index (κ2) is 2.23. The zero-order valence-electron chi connectivity index (χ0n) is 5.45. The van der Waals surface area contributed by atoms with E-state index in [2.05, 4.69) is 0 Å². The zero-order chi connectivity index (χ0) is 8.58. The molecule has 0 aliphatic carbocycles. The second-order valence-electron chi connectivity index (χ2n) is 2.09. The van der Waals surface area contributed by atoms with Gasteiger partial charge in [0.15, 0.2) is 0 Å². The molecule has 1 atom stereocenters. The Labute approximate surface area is 55.7 Å². The van der Waals surface area contributed by atoms with Crippen LogP contribution in [-0.4, -0.2) is 17.6 Å². The predicted octanol–water partition coefficient (Wildman–Crippen LogP) is 0.257. The Kier molecular flexibility index (Phi) is 2.10. The maximum Gasteiger partial charge on any atom is 0.386 e. The average molecular weight is 155 g/mol. The van der Waals surface area contributed by atoms with Gasteiger partial charge in [0.1, 0.15) is 5.78 Å². The van der Waals surface area contributed by atoms with Gasteiger partial charge in [-0.25, -0.2) is 0 Å². The minimum atomic E-state index is -4.99. The van der Waals surface area contributed by atoms with E-state index in [9.17, 15) is 23.1 Å². The maximum atomic E-state index is 11.6. The smallest absolute Gasteiger partial charge is 0.386 e. The summed E-state index contributed by atoms with van der Waals surface area (Å²) in [7, 11) is 0. The molecule has 60 valence electrons. The predicted molar refractivity (Wildman–Crippen MR) is 25.1 cm³/mol. The number of ketones is 1. The first-order valence-electron chi connectivity index (χ1n) is 2.48. The molecule has 0 aromatic heterocycles. The van der Waals surface area contributed by atoms with Crippen molar-refractivity contribution in [2.75, 3.05) is 0 Å². The molecule has 0 amide bonds. The minimum absolute atomic E-state index is 0.315. The summed E-state index contributed by atoms with van der Waals surface area (Å²) in [4.78, 5) is 10.1. The van der Waals surface area contributed by atoms with Crippen molar-refractivity contribution in [2.24, 2.45) is 0 Å². The molecule has 5 heteroatoms. The monoisotopic (exact) mass is 155 g/mol. The van der Waals surface area contributed by atoms with Gasteiger partial charge in [-0.2, -0.15) is 13.2 Å². The summed E-state index contributed by atoms with van der Waals surface area (Å²) in [6, 6.07) is 0. The molecule has 0 aliphatic heterocycles. The molecule has 0 bridgehead atoms. The van der Waals surface area contributed by atoms with Crippen molar-refractivity contribution >= 4 is 5.78 Å². The fourth-order valence-corrected chi connectivity index (χ4v) is 0.200. The molecule has 0 aromatic rings. The number of carbonyl (C=O) groups is 1. The molecule has 0 spiro atoms. The van der Waals surface area contributed by atoms with Crippen LogP contribution in [0.5, 0.6) is 0 Å². The van der Waals surface area contributed by atoms with Gasteiger partial charge in [-0.05, 0) is 6.92 Å². The Morgan fingerprint density at radius 3 is 1.70 bits per heavy atom. The number of hydrogen-bond acceptors (Lipinski definition) is 2. The van der Waals surface area contributed by atoms with E-state index < -0.39 is 17.6 Å². The van der Waals surface area contributed by atoms with Crippen LogP contribution in [0.4, 0.5) is 13.2 Å². The third kappa shape index (κ3) is 1.47. The van der Waals surface area contributed by atoms with Crippen LogP contribution in [0, 0.1) is 0 Å². The zero-order valence-corrected chi connectivity index (χ0v) is 5.45. The number of halogens is 3. The van der Waals surface area contributed by atoms with Crippen molar-refractivity contribution < 1.29 is 23.1 Å². The van der Waals surface area contributed by atoms with Gasteiger partial charge in [0.25, 0.3) is 0 Å². The van der Waals surface area contributed by atoms with Crippen LogP contribution >= 0.6 is 0 Å². The number of alkyl halides is 3. The van der Waals surface area contributed by atoms with Gasteiger partial charge in [0.05, 0.1) is 0 Å². The maximum absolute atomic E-state index is 11.6. The van der Waals surface area contributed by atoms with Crippen molar-refractivity contribution in [3.05, 3.63) is 0 Å². The van der Waals surface area contributed by atoms with E-state index in [1.165, 1.54) is 0 Å². The van der Waals surface area contributed by atoms with Crippen LogP contribution in [-0.2, 0) is 4.79 Å². The van der Waals surface area contributed by atoms with Crippen LogP contribution < -0.4 is 5.11 Å². The van der Waals surface area contributed by atoms with Crippen LogP contribution in [0.25, 0.3) is 0 Å². The van der Waals surface area contributed by atoms with Crippen LogP contribution in [0.3, 0.4) is 0 Å². The second-order valence-corrected chi connectivity index (χ2v) is 2.09. The summed E-state index contributed by atoms with van der Waals surface area (Å²) >= 11 is 0. The molecule has 0 N–H and O–H groups in total. The lowest BCUT2D eigenvalue weighted by atomic mass is 10.0. The molecule has 0 saturated carbocycles. The lowest BCUT2D eigenvalue weighted by Crippen LogP contribution is -2.58. The fraction of sp³-hybridized carbons (Fsp3) is 0.800. The number of rotatable bonds is 1. The Morgan fingerprint density at radius 1 is 1.40 bits per heavy atom. The first-order chi connectivity index (χ1) is 4.19. The van der Waals surface area contributed by atoms with Crippen molar-refractivity contribution in [3.63, 3.8) is 0 Å². The van der Waals surface area contributed by atoms with Gasteiger partial charge in [0, 0.05) is 5.60 Å². The van der Waals surface area contributed by atoms with Gasteiger partial charge in [-0.15, -0.1) is 0 Å². The van der Waals surface area contributed by atoms with E-state index in [1.54, 1.807) is 0 Å². The molecule has 0 radical (unpaired) electrons. The van der Waals surface area contributed by atoms with Gasteiger partial charge in [0.2, 0.25) is 0 Å². The summed E-state index contributed by atoms with van der Waals surface area (Å²) in [5, 5.41) is 10.3. The normalized spacial score (nSPS) is 18.2. The van der Waals surface area contributed by atoms with Crippen molar-refractivity contribution in [1.29, 1.82) is 0 Å². The third-order valence-electron chi connectivity index (χ3n) is 1.21. The lowest BCUT2D eigenvalue weighted by Gasteiger charge is -2.35. The van der Waals surface area contributed by atoms with Crippen molar-refractivity contribution in [1.82, 2.24) is 0 Å². The van der Waals surface area contributed by atoms with E-state index in [0.717, 1.165) is 0 Å². The number of Topliss-reactive ketones (excluding diaryl/α,β-unsaturated/α-hetero) is 1. The fourth-order valence-electron chi connectivity index (χ4n) is 0.200. The van der Waals surface area contributed by atoms with E-state index in [0.29, 0.717) is 13.8 Å². The Hall–Kier alpha value is -0.580. The van der Waals surface area contributed by atoms with Crippen LogP contribution in [0.2, 0.25) is 0 Å². The molecule has 1 unspecified atom stereocenters. The molecular weight excluding hydrogens is 149 g/mol. The van der Waals surface area contributed by atoms with E-state index in [-0.39, 0.29) is 0 Å². The molecule has 0 aromatic carbocycles. The summed E-state index contributed by atoms with van der Waals surface area (Å²) < 4.78 is 34.7. The molecule has 0 fully saturated rings. The Morgan fingerprint density at radius 2 is 1.70 bits per heavy atom. The molecule has 0 saturated heterocycles. The first-order valence-corrected chi connectivity index (χ1v) is 2.48. The molecule has 0 heterocycles. The van der Waals surface area contributed by atoms with Gasteiger partial charge >= 0.3 is 6.18 Å². The van der Waals surface area contributed by atoms with E-state index >= 15 is 0 Å². The summed E-state index contributed by atoms with van der Waals surface area (Å²) in [5.41, 5.74) is -3.45. The lowest BCUT2D eigenvalue weighted by molar-refractivity contribution is -0.511. The van der Waals surface area contributed by atoms with Gasteiger partial charge in [-0.3, -0.25) is 0 Å². The van der Waals surface area contributed by atoms with Crippen LogP contribution in [0.15, 0.2) is 0 Å². The van der Waals surface area contributed by atoms with E-state index in [4.69, 9.17) is 0 Å². The number of carbonyl (C=O) groups excluding carboxylic acids is 1. The molecule has 2 nitrogen and oxygen atoms in total. The molecule has 0 aliphatic rings. The Balaban J connectivity index is 4.57. The highest BCUT2D eigenvalue weighted by molar-refractivity contribution is 5.84. The summed E-state index contributed by atoms with van der Waals surface area (Å²) in [6.45, 7) is 0.940. The number of hydrogen-bond donors (Lipinski definition) is 0. The summed E-state index contributed by atoms with van der Waals surface area (Å²) in [6.07, 6.45) is -4.99. The van der Waals surface area contributed by atoms with E-state index in [1.807, 2.05) is 0 Å². The minimum Gasteiger partial charge on any atom is -0.838 e. The van der Waals surface area contributed by atoms with Gasteiger partial charge < -0.3 is 9.90 Å². The highest BCUT2D eigenvalue weighted by Gasteiger charge is 2.44. The van der Waals surface area contributed by atoms with Gasteiger partial charge in [-0.1, -0.05) is 6.92 Å². The topological polar surface area (TPSA) is 40.1 Å². The molecule has 0 rings (SSSR count). The standard InChI is InChI=1S/C5H6F3O2/c1-3(9)4(2,10)5(6,7)8/h1-2H3/q-1. The Bertz CT molecular complexity index is 147. The third-order valence-corrected chi connectivity index (χ3v) is 1.21. The molecule has 10 heavy (non-hydrogen) atoms. The molecular formula is C5H6F3O2-. The van der Waals surface area contributed by atoms with Crippen molar-refractivity contribution in [2.45, 2.75) is 25.6 Å². The highest BCUT2D eigenvalue weighted by Crippen LogP contribution is 2.27. The quantitative estimate of drug-likeness (QED) is 0.544. The highest BCUT2D eigenvalue weighted by atomic mass is 19.4. The largest absolute Gasteiger partial charge is 0.838 e. The summed E-state index contributed by atoms with van der Waals surface area (Å²) in [5.74, 6) is -1.42. The van der Waals surface area contributed by atoms with Crippen LogP contribution in [0.1, 0.15) is 13.8 Å². The average Bonchev–Trinajstić information content (AvgIpc) is 1.62. The van der Waals surface area contributed by atoms with Crippen molar-refractivity contribution in [3.8, 4) is 0 Å².